The molecule has 0 unspecified atom stereocenters. The van der Waals surface area contributed by atoms with Crippen LogP contribution < -0.4 is 20.2 Å². The van der Waals surface area contributed by atoms with Gasteiger partial charge in [-0.1, -0.05) is 194 Å². The number of nitrogens with zero attached hydrogens (tertiary/aromatic N) is 3. The Morgan fingerprint density at radius 2 is 0.923 bits per heavy atom. The van der Waals surface area contributed by atoms with Gasteiger partial charge in [0.15, 0.2) is 0 Å². The second-order valence-corrected chi connectivity index (χ2v) is 35.6. The molecule has 386 valence electrons. The Morgan fingerprint density at radius 1 is 0.397 bits per heavy atom. The molecule has 78 heavy (non-hydrogen) atoms. The van der Waals surface area contributed by atoms with E-state index in [0.717, 1.165) is 11.4 Å². The third-order valence-corrected chi connectivity index (χ3v) is 21.5. The van der Waals surface area contributed by atoms with E-state index in [0.29, 0.717) is 11.8 Å². The van der Waals surface area contributed by atoms with Gasteiger partial charge in [-0.3, -0.25) is 0 Å². The number of hydrogen-bond acceptors (Lipinski definition) is 2. The Labute approximate surface area is 463 Å². The monoisotopic (exact) mass is 1050 g/mol. The maximum Gasteiger partial charge on any atom is 0.0775 e. The van der Waals surface area contributed by atoms with Crippen LogP contribution in [0.15, 0.2) is 200 Å². The normalized spacial score (nSPS) is 13.5. The second kappa shape index (κ2) is 18.2. The molecule has 0 saturated heterocycles. The van der Waals surface area contributed by atoms with Crippen LogP contribution in [-0.2, 0) is 5.41 Å². The molecule has 2 heterocycles. The molecule has 1 aliphatic carbocycles. The van der Waals surface area contributed by atoms with Crippen molar-refractivity contribution in [1.29, 1.82) is 0 Å². The van der Waals surface area contributed by atoms with E-state index in [2.05, 4.69) is 295 Å². The molecule has 12 aromatic rings. The van der Waals surface area contributed by atoms with Crippen LogP contribution in [0.1, 0.15) is 75.6 Å². The van der Waals surface area contributed by atoms with Crippen molar-refractivity contribution >= 4 is 110 Å². The van der Waals surface area contributed by atoms with Crippen molar-refractivity contribution in [2.45, 2.75) is 98.1 Å². The molecule has 0 aliphatic heterocycles. The molecule has 0 saturated carbocycles. The van der Waals surface area contributed by atoms with Gasteiger partial charge in [0.2, 0.25) is 0 Å². The number of hydrogen-bond donors (Lipinski definition) is 0. The van der Waals surface area contributed by atoms with Crippen molar-refractivity contribution < 1.29 is 0 Å². The Hall–Kier alpha value is -7.71. The van der Waals surface area contributed by atoms with Gasteiger partial charge in [-0.25, -0.2) is 0 Å². The van der Waals surface area contributed by atoms with E-state index in [-0.39, 0.29) is 5.41 Å². The third kappa shape index (κ3) is 8.03. The van der Waals surface area contributed by atoms with Gasteiger partial charge in [0, 0.05) is 55.4 Å². The van der Waals surface area contributed by atoms with Gasteiger partial charge in [-0.2, -0.15) is 0 Å². The van der Waals surface area contributed by atoms with E-state index >= 15 is 0 Å². The van der Waals surface area contributed by atoms with Gasteiger partial charge in [-0.15, -0.1) is 0 Å². The van der Waals surface area contributed by atoms with Crippen LogP contribution in [0.5, 0.6) is 0 Å². The smallest absolute Gasteiger partial charge is 0.0775 e. The first kappa shape index (κ1) is 49.8. The van der Waals surface area contributed by atoms with E-state index in [9.17, 15) is 0 Å². The lowest BCUT2D eigenvalue weighted by molar-refractivity contribution is 0.661. The van der Waals surface area contributed by atoms with Crippen LogP contribution in [0.4, 0.5) is 34.1 Å². The molecule has 0 spiro atoms. The summed E-state index contributed by atoms with van der Waals surface area (Å²) < 4.78 is 2.58. The van der Waals surface area contributed by atoms with Gasteiger partial charge in [0.1, 0.15) is 0 Å². The van der Waals surface area contributed by atoms with Crippen molar-refractivity contribution in [3.8, 4) is 22.3 Å². The van der Waals surface area contributed by atoms with Crippen LogP contribution in [0.2, 0.25) is 39.3 Å². The average Bonchev–Trinajstić information content (AvgIpc) is 4.23. The molecular formula is C73H71N3Si2. The summed E-state index contributed by atoms with van der Waals surface area (Å²) in [5.74, 6) is 0.907. The SMILES string of the molecule is CC(C)c1ccc(N(c2ccc([Si](C)(C)C)cc2)c2ccc3c(c2)C(C)(C)c2cc4ccc5c(c4cc2-3)c2ccc(N(c3ccc(C(C)C)cc3)c3ccc([Si](C)(C)C)cc3)c3c4cc(-c6ccccc6)ccc4n5c23)cc1. The van der Waals surface area contributed by atoms with E-state index < -0.39 is 16.1 Å². The summed E-state index contributed by atoms with van der Waals surface area (Å²) in [5, 5.41) is 10.6. The maximum absolute atomic E-state index is 2.58. The van der Waals surface area contributed by atoms with Crippen molar-refractivity contribution in [3.63, 3.8) is 0 Å². The fourth-order valence-corrected chi connectivity index (χ4v) is 15.2. The number of rotatable bonds is 11. The summed E-state index contributed by atoms with van der Waals surface area (Å²) in [7, 11) is -3.03. The zero-order valence-electron chi connectivity index (χ0n) is 47.5. The van der Waals surface area contributed by atoms with Crippen molar-refractivity contribution in [2.24, 2.45) is 0 Å². The standard InChI is InChI=1S/C73H71N3Si2/c1-46(2)48-18-24-53(25-19-48)74(54-28-33-58(34-29-54)77(7,8)9)57-32-37-60-63-45-62-52(43-65(63)73(5,6)66(60)44-57)23-40-68-70(62)61-38-41-69(71-64-42-51(50-16-14-13-15-17-50)22-39-67(64)76(68)72(61)71)75(55-26-20-49(21-27-55)47(3)4)56-30-35-59(36-31-56)78(10,11)12/h13-47H,1-12H3. The predicted molar refractivity (Wildman–Crippen MR) is 345 cm³/mol. The second-order valence-electron chi connectivity index (χ2n) is 25.5. The topological polar surface area (TPSA) is 10.9 Å². The fourth-order valence-electron chi connectivity index (χ4n) is 12.8. The summed E-state index contributed by atoms with van der Waals surface area (Å²) >= 11 is 0. The van der Waals surface area contributed by atoms with Crippen LogP contribution in [-0.4, -0.2) is 20.5 Å². The highest BCUT2D eigenvalue weighted by atomic mass is 28.3. The van der Waals surface area contributed by atoms with Crippen LogP contribution in [0.25, 0.3) is 71.1 Å². The first-order valence-electron chi connectivity index (χ1n) is 28.3. The minimum Gasteiger partial charge on any atom is -0.310 e. The Morgan fingerprint density at radius 3 is 1.49 bits per heavy atom. The van der Waals surface area contributed by atoms with E-state index in [4.69, 9.17) is 0 Å². The molecule has 0 N–H and O–H groups in total. The highest BCUT2D eigenvalue weighted by Crippen LogP contribution is 2.54. The lowest BCUT2D eigenvalue weighted by Gasteiger charge is -2.29. The molecule has 0 radical (unpaired) electrons. The summed E-state index contributed by atoms with van der Waals surface area (Å²) in [6, 6.07) is 77.3. The van der Waals surface area contributed by atoms with Crippen LogP contribution >= 0.6 is 0 Å². The van der Waals surface area contributed by atoms with Gasteiger partial charge in [0.25, 0.3) is 0 Å². The molecule has 0 amide bonds. The largest absolute Gasteiger partial charge is 0.310 e. The quantitative estimate of drug-likeness (QED) is 0.120. The Balaban J connectivity index is 1.02. The average molecular weight is 1050 g/mol. The van der Waals surface area contributed by atoms with Crippen molar-refractivity contribution in [3.05, 3.63) is 222 Å². The first-order chi connectivity index (χ1) is 37.3. The van der Waals surface area contributed by atoms with Crippen LogP contribution in [0.3, 0.4) is 0 Å². The molecule has 5 heteroatoms. The molecule has 10 aromatic carbocycles. The van der Waals surface area contributed by atoms with E-state index in [1.807, 2.05) is 0 Å². The minimum absolute atomic E-state index is 0.223. The van der Waals surface area contributed by atoms with Crippen LogP contribution in [0, 0.1) is 0 Å². The third-order valence-electron chi connectivity index (χ3n) is 17.4. The molecule has 2 aromatic heterocycles. The molecule has 3 nitrogen and oxygen atoms in total. The molecule has 13 rings (SSSR count). The van der Waals surface area contributed by atoms with E-state index in [1.165, 1.54) is 126 Å². The zero-order chi connectivity index (χ0) is 54.2. The number of anilines is 6. The summed E-state index contributed by atoms with van der Waals surface area (Å²) in [4.78, 5) is 4.98. The van der Waals surface area contributed by atoms with Gasteiger partial charge >= 0.3 is 0 Å². The molecule has 0 atom stereocenters. The first-order valence-corrected chi connectivity index (χ1v) is 35.3. The fraction of sp³-hybridized carbons (Fsp3) is 0.205. The number of benzene rings is 10. The lowest BCUT2D eigenvalue weighted by atomic mass is 9.81. The molecule has 0 bridgehead atoms. The minimum atomic E-state index is -1.54. The summed E-state index contributed by atoms with van der Waals surface area (Å²) in [6.07, 6.45) is 0. The van der Waals surface area contributed by atoms with Crippen molar-refractivity contribution in [2.75, 3.05) is 9.80 Å². The summed E-state index contributed by atoms with van der Waals surface area (Å²) in [6.45, 7) is 28.5. The highest BCUT2D eigenvalue weighted by molar-refractivity contribution is 6.89. The van der Waals surface area contributed by atoms with Gasteiger partial charge in [0.05, 0.1) is 38.4 Å². The Kier molecular flexibility index (Phi) is 11.6. The molecule has 0 fully saturated rings. The zero-order valence-corrected chi connectivity index (χ0v) is 49.5. The van der Waals surface area contributed by atoms with Crippen molar-refractivity contribution in [1.82, 2.24) is 4.40 Å². The lowest BCUT2D eigenvalue weighted by Crippen LogP contribution is -2.37. The Bertz CT molecular complexity index is 4270. The van der Waals surface area contributed by atoms with Gasteiger partial charge < -0.3 is 14.2 Å². The predicted octanol–water partition coefficient (Wildman–Crippen LogP) is 20.2. The number of fused-ring (bicyclic) bond motifs is 11. The highest BCUT2D eigenvalue weighted by Gasteiger charge is 2.37. The molecule has 1 aliphatic rings. The van der Waals surface area contributed by atoms with E-state index in [1.54, 1.807) is 0 Å². The summed E-state index contributed by atoms with van der Waals surface area (Å²) in [5.41, 5.74) is 21.1. The molecular weight excluding hydrogens is 975 g/mol. The maximum atomic E-state index is 2.58. The van der Waals surface area contributed by atoms with Gasteiger partial charge in [-0.05, 0) is 164 Å². The number of aromatic nitrogens is 1.